The summed E-state index contributed by atoms with van der Waals surface area (Å²) in [5.74, 6) is 0.943. The van der Waals surface area contributed by atoms with Gasteiger partial charge in [-0.25, -0.2) is 0 Å². The molecule has 1 aliphatic heterocycles. The van der Waals surface area contributed by atoms with Crippen molar-refractivity contribution in [3.63, 3.8) is 0 Å². The first kappa shape index (κ1) is 11.5. The molecule has 0 radical (unpaired) electrons. The Morgan fingerprint density at radius 1 is 1.31 bits per heavy atom. The van der Waals surface area contributed by atoms with Crippen LogP contribution in [-0.2, 0) is 5.41 Å². The van der Waals surface area contributed by atoms with E-state index in [0.717, 1.165) is 18.8 Å². The second-order valence-corrected chi connectivity index (χ2v) is 4.64. The fourth-order valence-corrected chi connectivity index (χ4v) is 2.66. The maximum absolute atomic E-state index is 5.21. The zero-order valence-electron chi connectivity index (χ0n) is 10.3. The molecule has 1 fully saturated rings. The molecule has 0 amide bonds. The van der Waals surface area contributed by atoms with Crippen molar-refractivity contribution in [3.8, 4) is 5.75 Å². The van der Waals surface area contributed by atoms with Gasteiger partial charge in [0, 0.05) is 12.0 Å². The summed E-state index contributed by atoms with van der Waals surface area (Å²) in [7, 11) is 1.72. The van der Waals surface area contributed by atoms with Crippen molar-refractivity contribution in [1.29, 1.82) is 0 Å². The average Bonchev–Trinajstić information content (AvgIpc) is 2.39. The maximum atomic E-state index is 5.21. The maximum Gasteiger partial charge on any atom is 0.118 e. The van der Waals surface area contributed by atoms with E-state index in [1.807, 2.05) is 0 Å². The third kappa shape index (κ3) is 2.07. The van der Waals surface area contributed by atoms with Gasteiger partial charge in [-0.15, -0.1) is 0 Å². The number of hydrogen-bond acceptors (Lipinski definition) is 2. The highest BCUT2D eigenvalue weighted by molar-refractivity contribution is 5.33. The van der Waals surface area contributed by atoms with Crippen LogP contribution in [0.5, 0.6) is 5.75 Å². The van der Waals surface area contributed by atoms with E-state index in [-0.39, 0.29) is 0 Å². The Kier molecular flexibility index (Phi) is 3.49. The molecule has 0 aliphatic carbocycles. The van der Waals surface area contributed by atoms with E-state index < -0.39 is 0 Å². The van der Waals surface area contributed by atoms with Gasteiger partial charge in [0.2, 0.25) is 0 Å². The van der Waals surface area contributed by atoms with Gasteiger partial charge in [0.05, 0.1) is 7.11 Å². The fourth-order valence-electron chi connectivity index (χ4n) is 2.66. The first-order valence-corrected chi connectivity index (χ1v) is 6.16. The van der Waals surface area contributed by atoms with Crippen LogP contribution in [0.3, 0.4) is 0 Å². The Balaban J connectivity index is 2.24. The zero-order valence-corrected chi connectivity index (χ0v) is 10.3. The van der Waals surface area contributed by atoms with Crippen LogP contribution < -0.4 is 10.1 Å². The van der Waals surface area contributed by atoms with Crippen LogP contribution in [0.4, 0.5) is 0 Å². The van der Waals surface area contributed by atoms with Crippen molar-refractivity contribution in [2.75, 3.05) is 20.2 Å². The second-order valence-electron chi connectivity index (χ2n) is 4.64. The van der Waals surface area contributed by atoms with Crippen LogP contribution in [0.1, 0.15) is 31.7 Å². The standard InChI is InChI=1S/C14H21NO/c1-3-14(9-4-10-15-11-14)12-5-7-13(16-2)8-6-12/h5-8,15H,3-4,9-11H2,1-2H3. The van der Waals surface area contributed by atoms with E-state index in [2.05, 4.69) is 36.5 Å². The molecular weight excluding hydrogens is 198 g/mol. The van der Waals surface area contributed by atoms with Crippen molar-refractivity contribution in [2.24, 2.45) is 0 Å². The van der Waals surface area contributed by atoms with Crippen molar-refractivity contribution < 1.29 is 4.74 Å². The Morgan fingerprint density at radius 2 is 2.06 bits per heavy atom. The summed E-state index contributed by atoms with van der Waals surface area (Å²) < 4.78 is 5.21. The van der Waals surface area contributed by atoms with Crippen LogP contribution >= 0.6 is 0 Å². The molecule has 0 spiro atoms. The van der Waals surface area contributed by atoms with Gasteiger partial charge < -0.3 is 10.1 Å². The van der Waals surface area contributed by atoms with Crippen molar-refractivity contribution in [3.05, 3.63) is 29.8 Å². The molecular formula is C14H21NO. The van der Waals surface area contributed by atoms with Gasteiger partial charge in [-0.2, -0.15) is 0 Å². The number of methoxy groups -OCH3 is 1. The average molecular weight is 219 g/mol. The lowest BCUT2D eigenvalue weighted by atomic mass is 9.73. The number of ether oxygens (including phenoxy) is 1. The molecule has 1 saturated heterocycles. The number of nitrogens with one attached hydrogen (secondary N) is 1. The van der Waals surface area contributed by atoms with Gasteiger partial charge >= 0.3 is 0 Å². The molecule has 1 unspecified atom stereocenters. The van der Waals surface area contributed by atoms with Crippen LogP contribution in [-0.4, -0.2) is 20.2 Å². The van der Waals surface area contributed by atoms with Gasteiger partial charge in [-0.05, 0) is 43.5 Å². The monoisotopic (exact) mass is 219 g/mol. The van der Waals surface area contributed by atoms with Gasteiger partial charge in [-0.3, -0.25) is 0 Å². The summed E-state index contributed by atoms with van der Waals surface area (Å²) in [6.07, 6.45) is 3.77. The summed E-state index contributed by atoms with van der Waals surface area (Å²) in [5, 5.41) is 3.52. The highest BCUT2D eigenvalue weighted by Crippen LogP contribution is 2.35. The van der Waals surface area contributed by atoms with Gasteiger partial charge in [-0.1, -0.05) is 19.1 Å². The lowest BCUT2D eigenvalue weighted by Crippen LogP contribution is -2.42. The first-order valence-electron chi connectivity index (χ1n) is 6.16. The number of rotatable bonds is 3. The summed E-state index contributed by atoms with van der Waals surface area (Å²) >= 11 is 0. The molecule has 2 rings (SSSR count). The fraction of sp³-hybridized carbons (Fsp3) is 0.571. The third-order valence-corrected chi connectivity index (χ3v) is 3.85. The van der Waals surface area contributed by atoms with E-state index >= 15 is 0 Å². The Hall–Kier alpha value is -1.02. The Labute approximate surface area is 98.0 Å². The minimum absolute atomic E-state index is 0.338. The summed E-state index contributed by atoms with van der Waals surface area (Å²) in [4.78, 5) is 0. The van der Waals surface area contributed by atoms with E-state index in [0.29, 0.717) is 5.41 Å². The van der Waals surface area contributed by atoms with E-state index in [1.165, 1.54) is 24.8 Å². The highest BCUT2D eigenvalue weighted by atomic mass is 16.5. The molecule has 1 atom stereocenters. The SMILES string of the molecule is CCC1(c2ccc(OC)cc2)CCCNC1. The number of benzene rings is 1. The minimum Gasteiger partial charge on any atom is -0.497 e. The molecule has 0 bridgehead atoms. The molecule has 1 aromatic rings. The summed E-state index contributed by atoms with van der Waals surface area (Å²) in [6.45, 7) is 4.56. The van der Waals surface area contributed by atoms with Crippen molar-refractivity contribution in [2.45, 2.75) is 31.6 Å². The van der Waals surface area contributed by atoms with Crippen LogP contribution in [0.2, 0.25) is 0 Å². The van der Waals surface area contributed by atoms with Crippen molar-refractivity contribution in [1.82, 2.24) is 5.32 Å². The highest BCUT2D eigenvalue weighted by Gasteiger charge is 2.31. The largest absolute Gasteiger partial charge is 0.497 e. The van der Waals surface area contributed by atoms with Crippen molar-refractivity contribution >= 4 is 0 Å². The molecule has 1 N–H and O–H groups in total. The molecule has 16 heavy (non-hydrogen) atoms. The lowest BCUT2D eigenvalue weighted by molar-refractivity contribution is 0.302. The molecule has 1 aliphatic rings. The minimum atomic E-state index is 0.338. The Morgan fingerprint density at radius 3 is 2.56 bits per heavy atom. The number of hydrogen-bond donors (Lipinski definition) is 1. The topological polar surface area (TPSA) is 21.3 Å². The van der Waals surface area contributed by atoms with Gasteiger partial charge in [0.15, 0.2) is 0 Å². The molecule has 0 saturated carbocycles. The first-order chi connectivity index (χ1) is 7.80. The number of piperidine rings is 1. The van der Waals surface area contributed by atoms with E-state index in [1.54, 1.807) is 7.11 Å². The molecule has 1 heterocycles. The second kappa shape index (κ2) is 4.88. The van der Waals surface area contributed by atoms with Gasteiger partial charge in [0.25, 0.3) is 0 Å². The predicted octanol–water partition coefficient (Wildman–Crippen LogP) is 2.73. The molecule has 88 valence electrons. The molecule has 0 aromatic heterocycles. The van der Waals surface area contributed by atoms with Crippen LogP contribution in [0, 0.1) is 0 Å². The smallest absolute Gasteiger partial charge is 0.118 e. The predicted molar refractivity (Wildman–Crippen MR) is 67.1 cm³/mol. The van der Waals surface area contributed by atoms with E-state index in [4.69, 9.17) is 4.74 Å². The summed E-state index contributed by atoms with van der Waals surface area (Å²) in [5.41, 5.74) is 1.79. The summed E-state index contributed by atoms with van der Waals surface area (Å²) in [6, 6.07) is 8.58. The van der Waals surface area contributed by atoms with Gasteiger partial charge in [0.1, 0.15) is 5.75 Å². The Bertz CT molecular complexity index is 325. The van der Waals surface area contributed by atoms with E-state index in [9.17, 15) is 0 Å². The van der Waals surface area contributed by atoms with Crippen LogP contribution in [0.25, 0.3) is 0 Å². The third-order valence-electron chi connectivity index (χ3n) is 3.85. The normalized spacial score (nSPS) is 25.4. The quantitative estimate of drug-likeness (QED) is 0.844. The van der Waals surface area contributed by atoms with Crippen LogP contribution in [0.15, 0.2) is 24.3 Å². The zero-order chi connectivity index (χ0) is 11.4. The molecule has 2 nitrogen and oxygen atoms in total. The molecule has 2 heteroatoms. The lowest BCUT2D eigenvalue weighted by Gasteiger charge is -2.37. The molecule has 1 aromatic carbocycles.